The molecule has 27 heavy (non-hydrogen) atoms. The van der Waals surface area contributed by atoms with E-state index in [0.717, 1.165) is 24.0 Å². The second kappa shape index (κ2) is 7.41. The van der Waals surface area contributed by atoms with Crippen molar-refractivity contribution in [2.45, 2.75) is 71.1 Å². The molecule has 0 unspecified atom stereocenters. The normalized spacial score (nSPS) is 18.1. The number of hydrogen-bond acceptors (Lipinski definition) is 5. The third-order valence-corrected chi connectivity index (χ3v) is 5.00. The highest BCUT2D eigenvalue weighted by molar-refractivity contribution is 5.81. The van der Waals surface area contributed by atoms with Gasteiger partial charge in [0.1, 0.15) is 11.4 Å². The molecule has 6 heteroatoms. The first-order chi connectivity index (χ1) is 12.7. The summed E-state index contributed by atoms with van der Waals surface area (Å²) in [6.45, 7) is 8.73. The second-order valence-corrected chi connectivity index (χ2v) is 8.22. The number of carbonyl (C=O) groups excluding carboxylic acids is 2. The minimum Gasteiger partial charge on any atom is -0.475 e. The van der Waals surface area contributed by atoms with Gasteiger partial charge in [-0.15, -0.1) is 0 Å². The van der Waals surface area contributed by atoms with Gasteiger partial charge in [0.05, 0.1) is 13.2 Å². The second-order valence-electron chi connectivity index (χ2n) is 8.22. The van der Waals surface area contributed by atoms with Crippen LogP contribution in [0.1, 0.15) is 58.1 Å². The van der Waals surface area contributed by atoms with Gasteiger partial charge in [0, 0.05) is 12.1 Å². The van der Waals surface area contributed by atoms with E-state index in [1.54, 1.807) is 11.8 Å². The van der Waals surface area contributed by atoms with Gasteiger partial charge in [0.25, 0.3) is 0 Å². The number of benzene rings is 1. The number of fused-ring (bicyclic) bond motifs is 1. The van der Waals surface area contributed by atoms with Crippen molar-refractivity contribution < 1.29 is 23.8 Å². The highest BCUT2D eigenvalue weighted by Gasteiger charge is 2.48. The van der Waals surface area contributed by atoms with E-state index in [-0.39, 0.29) is 12.1 Å². The molecule has 1 amide bonds. The summed E-state index contributed by atoms with van der Waals surface area (Å²) < 4.78 is 17.0. The van der Waals surface area contributed by atoms with Crippen LogP contribution in [0.25, 0.3) is 0 Å². The number of carbonyl (C=O) groups is 2. The molecule has 0 N–H and O–H groups in total. The Balaban J connectivity index is 1.80. The molecular weight excluding hydrogens is 346 g/mol. The van der Waals surface area contributed by atoms with Crippen molar-refractivity contribution >= 4 is 12.1 Å². The van der Waals surface area contributed by atoms with E-state index in [1.807, 2.05) is 39.0 Å². The van der Waals surface area contributed by atoms with Gasteiger partial charge < -0.3 is 19.1 Å². The summed E-state index contributed by atoms with van der Waals surface area (Å²) in [7, 11) is 0. The van der Waals surface area contributed by atoms with Gasteiger partial charge in [0.2, 0.25) is 5.60 Å². The van der Waals surface area contributed by atoms with Gasteiger partial charge >= 0.3 is 12.1 Å². The maximum absolute atomic E-state index is 12.5. The molecule has 1 fully saturated rings. The number of nitrogens with zero attached hydrogens (tertiary/aromatic N) is 1. The molecule has 1 aliphatic carbocycles. The molecule has 1 saturated carbocycles. The number of rotatable bonds is 4. The fourth-order valence-corrected chi connectivity index (χ4v) is 3.45. The van der Waals surface area contributed by atoms with Crippen LogP contribution < -0.4 is 4.74 Å². The highest BCUT2D eigenvalue weighted by atomic mass is 16.6. The average molecular weight is 375 g/mol. The monoisotopic (exact) mass is 375 g/mol. The summed E-state index contributed by atoms with van der Waals surface area (Å²) in [6, 6.07) is 5.86. The summed E-state index contributed by atoms with van der Waals surface area (Å²) in [5.41, 5.74) is 0.669. The molecule has 3 rings (SSSR count). The molecule has 0 spiro atoms. The smallest absolute Gasteiger partial charge is 0.410 e. The van der Waals surface area contributed by atoms with Crippen LogP contribution in [0.4, 0.5) is 4.79 Å². The van der Waals surface area contributed by atoms with Gasteiger partial charge in [-0.2, -0.15) is 0 Å². The maximum atomic E-state index is 12.5. The average Bonchev–Trinajstić information content (AvgIpc) is 2.56. The van der Waals surface area contributed by atoms with Crippen LogP contribution in [-0.2, 0) is 27.2 Å². The lowest BCUT2D eigenvalue weighted by Crippen LogP contribution is -2.52. The Labute approximate surface area is 160 Å². The molecule has 0 atom stereocenters. The zero-order chi connectivity index (χ0) is 19.7. The van der Waals surface area contributed by atoms with Gasteiger partial charge in [-0.25, -0.2) is 9.59 Å². The van der Waals surface area contributed by atoms with E-state index in [9.17, 15) is 9.59 Å². The molecule has 0 bridgehead atoms. The number of amides is 1. The molecule has 1 heterocycles. The molecule has 1 aliphatic heterocycles. The fourth-order valence-electron chi connectivity index (χ4n) is 3.45. The molecule has 1 aromatic rings. The molecule has 1 aromatic carbocycles. The Hall–Kier alpha value is -2.24. The number of hydrogen-bond donors (Lipinski definition) is 0. The van der Waals surface area contributed by atoms with Gasteiger partial charge in [-0.05, 0) is 65.0 Å². The zero-order valence-corrected chi connectivity index (χ0v) is 16.7. The van der Waals surface area contributed by atoms with E-state index in [4.69, 9.17) is 14.2 Å². The van der Waals surface area contributed by atoms with Gasteiger partial charge in [-0.3, -0.25) is 0 Å². The lowest BCUT2D eigenvalue weighted by molar-refractivity contribution is -0.170. The van der Waals surface area contributed by atoms with E-state index >= 15 is 0 Å². The number of esters is 1. The Kier molecular flexibility index (Phi) is 5.36. The third kappa shape index (κ3) is 4.20. The summed E-state index contributed by atoms with van der Waals surface area (Å²) in [4.78, 5) is 26.6. The van der Waals surface area contributed by atoms with Crippen LogP contribution in [0.2, 0.25) is 0 Å². The molecule has 0 radical (unpaired) electrons. The molecule has 148 valence electrons. The van der Waals surface area contributed by atoms with E-state index in [0.29, 0.717) is 38.3 Å². The Bertz CT molecular complexity index is 718. The van der Waals surface area contributed by atoms with Crippen LogP contribution in [0, 0.1) is 0 Å². The summed E-state index contributed by atoms with van der Waals surface area (Å²) in [5.74, 6) is 0.363. The van der Waals surface area contributed by atoms with Crippen molar-refractivity contribution in [2.75, 3.05) is 13.2 Å². The lowest BCUT2D eigenvalue weighted by Gasteiger charge is -2.40. The molecule has 6 nitrogen and oxygen atoms in total. The zero-order valence-electron chi connectivity index (χ0n) is 16.7. The Morgan fingerprint density at radius 2 is 1.96 bits per heavy atom. The SMILES string of the molecule is CCOC(=O)C1(Oc2cccc3c2CN(C(=O)OC(C)(C)C)CC3)CCC1. The van der Waals surface area contributed by atoms with Crippen LogP contribution in [0.5, 0.6) is 5.75 Å². The van der Waals surface area contributed by atoms with Gasteiger partial charge in [0.15, 0.2) is 0 Å². The molecule has 2 aliphatic rings. The first-order valence-corrected chi connectivity index (χ1v) is 9.69. The van der Waals surface area contributed by atoms with Crippen LogP contribution >= 0.6 is 0 Å². The first-order valence-electron chi connectivity index (χ1n) is 9.69. The minimum absolute atomic E-state index is 0.298. The standard InChI is InChI=1S/C21H29NO5/c1-5-25-18(23)21(11-7-12-21)26-17-9-6-8-15-10-13-22(14-16(15)17)19(24)27-20(2,3)4/h6,8-9H,5,7,10-14H2,1-4H3. The Morgan fingerprint density at radius 1 is 1.22 bits per heavy atom. The maximum Gasteiger partial charge on any atom is 0.410 e. The van der Waals surface area contributed by atoms with Crippen LogP contribution in [0.15, 0.2) is 18.2 Å². The molecular formula is C21H29NO5. The van der Waals surface area contributed by atoms with E-state index in [2.05, 4.69) is 0 Å². The fraction of sp³-hybridized carbons (Fsp3) is 0.619. The third-order valence-electron chi connectivity index (χ3n) is 5.00. The summed E-state index contributed by atoms with van der Waals surface area (Å²) >= 11 is 0. The summed E-state index contributed by atoms with van der Waals surface area (Å²) in [5, 5.41) is 0. The highest BCUT2D eigenvalue weighted by Crippen LogP contribution is 2.40. The minimum atomic E-state index is -0.890. The molecule has 0 aromatic heterocycles. The van der Waals surface area contributed by atoms with Gasteiger partial charge in [-0.1, -0.05) is 12.1 Å². The van der Waals surface area contributed by atoms with Crippen molar-refractivity contribution in [2.24, 2.45) is 0 Å². The first kappa shape index (κ1) is 19.5. The largest absolute Gasteiger partial charge is 0.475 e. The van der Waals surface area contributed by atoms with Crippen LogP contribution in [0.3, 0.4) is 0 Å². The Morgan fingerprint density at radius 3 is 2.56 bits per heavy atom. The van der Waals surface area contributed by atoms with E-state index in [1.165, 1.54) is 0 Å². The van der Waals surface area contributed by atoms with Crippen molar-refractivity contribution in [3.05, 3.63) is 29.3 Å². The molecule has 0 saturated heterocycles. The van der Waals surface area contributed by atoms with Crippen molar-refractivity contribution in [1.29, 1.82) is 0 Å². The van der Waals surface area contributed by atoms with Crippen molar-refractivity contribution in [3.8, 4) is 5.75 Å². The van der Waals surface area contributed by atoms with Crippen molar-refractivity contribution in [3.63, 3.8) is 0 Å². The topological polar surface area (TPSA) is 65.1 Å². The predicted molar refractivity (Wildman–Crippen MR) is 101 cm³/mol. The quantitative estimate of drug-likeness (QED) is 0.748. The van der Waals surface area contributed by atoms with E-state index < -0.39 is 11.2 Å². The summed E-state index contributed by atoms with van der Waals surface area (Å²) in [6.07, 6.45) is 2.67. The van der Waals surface area contributed by atoms with Crippen LogP contribution in [-0.4, -0.2) is 41.3 Å². The predicted octanol–water partition coefficient (Wildman–Crippen LogP) is 3.84. The lowest BCUT2D eigenvalue weighted by atomic mass is 9.80. The number of ether oxygens (including phenoxy) is 3. The van der Waals surface area contributed by atoms with Crippen molar-refractivity contribution in [1.82, 2.24) is 4.90 Å².